The molecule has 2 aromatic rings. The number of nitrogens with two attached hydrogens (primary N) is 2. The van der Waals surface area contributed by atoms with Gasteiger partial charge in [0.1, 0.15) is 0 Å². The third kappa shape index (κ3) is 1.69. The Morgan fingerprint density at radius 2 is 1.93 bits per heavy atom. The van der Waals surface area contributed by atoms with Gasteiger partial charge < -0.3 is 11.5 Å². The van der Waals surface area contributed by atoms with Crippen molar-refractivity contribution in [3.8, 4) is 10.4 Å². The molecular weight excluding hydrogens is 216 g/mol. The lowest BCUT2D eigenvalue weighted by molar-refractivity contribution is 1.66. The van der Waals surface area contributed by atoms with Crippen LogP contribution in [0.1, 0.15) is 0 Å². The lowest BCUT2D eigenvalue weighted by Crippen LogP contribution is -1.91. The average Bonchev–Trinajstić information content (AvgIpc) is 2.51. The van der Waals surface area contributed by atoms with Crippen LogP contribution in [0.2, 0.25) is 5.02 Å². The van der Waals surface area contributed by atoms with Gasteiger partial charge in [-0.05, 0) is 24.3 Å². The third-order valence-electron chi connectivity index (χ3n) is 1.91. The van der Waals surface area contributed by atoms with Crippen LogP contribution in [0.3, 0.4) is 0 Å². The van der Waals surface area contributed by atoms with Crippen molar-refractivity contribution in [2.24, 2.45) is 0 Å². The van der Waals surface area contributed by atoms with Gasteiger partial charge in [-0.15, -0.1) is 11.3 Å². The van der Waals surface area contributed by atoms with E-state index in [1.807, 2.05) is 23.6 Å². The standard InChI is InChI=1S/C10H9ClN2S/c11-6-3-10(14-5-6)8-2-1-7(12)4-9(8)13/h1-5H,12-13H2. The molecule has 1 heterocycles. The predicted octanol–water partition coefficient (Wildman–Crippen LogP) is 3.23. The Kier molecular flexibility index (Phi) is 2.35. The zero-order valence-electron chi connectivity index (χ0n) is 7.33. The molecule has 1 aromatic carbocycles. The third-order valence-corrected chi connectivity index (χ3v) is 3.22. The van der Waals surface area contributed by atoms with Crippen molar-refractivity contribution in [2.75, 3.05) is 11.5 Å². The highest BCUT2D eigenvalue weighted by Crippen LogP contribution is 2.33. The van der Waals surface area contributed by atoms with Gasteiger partial charge in [0.25, 0.3) is 0 Å². The van der Waals surface area contributed by atoms with Gasteiger partial charge in [0, 0.05) is 27.2 Å². The fourth-order valence-electron chi connectivity index (χ4n) is 1.26. The Morgan fingerprint density at radius 1 is 1.14 bits per heavy atom. The molecule has 0 aliphatic rings. The van der Waals surface area contributed by atoms with Crippen molar-refractivity contribution < 1.29 is 0 Å². The van der Waals surface area contributed by atoms with Crippen LogP contribution >= 0.6 is 22.9 Å². The summed E-state index contributed by atoms with van der Waals surface area (Å²) in [4.78, 5) is 1.06. The Hall–Kier alpha value is -1.19. The summed E-state index contributed by atoms with van der Waals surface area (Å²) in [6, 6.07) is 7.39. The number of hydrogen-bond acceptors (Lipinski definition) is 3. The van der Waals surface area contributed by atoms with Gasteiger partial charge in [0.15, 0.2) is 0 Å². The van der Waals surface area contributed by atoms with E-state index in [0.29, 0.717) is 11.4 Å². The number of benzene rings is 1. The fourth-order valence-corrected chi connectivity index (χ4v) is 2.38. The number of anilines is 2. The molecule has 14 heavy (non-hydrogen) atoms. The number of hydrogen-bond donors (Lipinski definition) is 2. The van der Waals surface area contributed by atoms with E-state index in [-0.39, 0.29) is 0 Å². The topological polar surface area (TPSA) is 52.0 Å². The highest BCUT2D eigenvalue weighted by Gasteiger charge is 2.05. The molecule has 0 saturated heterocycles. The molecule has 0 radical (unpaired) electrons. The number of nitrogen functional groups attached to an aromatic ring is 2. The first kappa shape index (κ1) is 9.37. The maximum absolute atomic E-state index is 5.85. The second kappa shape index (κ2) is 3.52. The van der Waals surface area contributed by atoms with Gasteiger partial charge in [-0.1, -0.05) is 11.6 Å². The molecule has 0 bridgehead atoms. The molecule has 0 fully saturated rings. The van der Waals surface area contributed by atoms with Gasteiger partial charge in [-0.25, -0.2) is 0 Å². The van der Waals surface area contributed by atoms with Crippen LogP contribution < -0.4 is 11.5 Å². The van der Waals surface area contributed by atoms with Crippen molar-refractivity contribution in [3.05, 3.63) is 34.7 Å². The van der Waals surface area contributed by atoms with E-state index in [1.54, 1.807) is 17.4 Å². The first-order valence-corrected chi connectivity index (χ1v) is 5.32. The van der Waals surface area contributed by atoms with Crippen LogP contribution in [0.25, 0.3) is 10.4 Å². The summed E-state index contributed by atoms with van der Waals surface area (Å²) >= 11 is 7.41. The Morgan fingerprint density at radius 3 is 2.50 bits per heavy atom. The summed E-state index contributed by atoms with van der Waals surface area (Å²) in [7, 11) is 0. The quantitative estimate of drug-likeness (QED) is 0.731. The lowest BCUT2D eigenvalue weighted by atomic mass is 10.1. The van der Waals surface area contributed by atoms with E-state index in [9.17, 15) is 0 Å². The first-order valence-electron chi connectivity index (χ1n) is 4.06. The summed E-state index contributed by atoms with van der Waals surface area (Å²) in [5.41, 5.74) is 13.8. The highest BCUT2D eigenvalue weighted by molar-refractivity contribution is 7.14. The molecule has 0 saturated carbocycles. The van der Waals surface area contributed by atoms with Gasteiger partial charge in [-0.3, -0.25) is 0 Å². The summed E-state index contributed by atoms with van der Waals surface area (Å²) in [6.07, 6.45) is 0. The van der Waals surface area contributed by atoms with E-state index >= 15 is 0 Å². The van der Waals surface area contributed by atoms with Crippen molar-refractivity contribution in [3.63, 3.8) is 0 Å². The lowest BCUT2D eigenvalue weighted by Gasteiger charge is -2.03. The second-order valence-corrected chi connectivity index (χ2v) is 4.32. The van der Waals surface area contributed by atoms with Crippen LogP contribution in [-0.4, -0.2) is 0 Å². The Bertz CT molecular complexity index is 465. The maximum Gasteiger partial charge on any atom is 0.0519 e. The zero-order chi connectivity index (χ0) is 10.1. The monoisotopic (exact) mass is 224 g/mol. The summed E-state index contributed by atoms with van der Waals surface area (Å²) in [5, 5.41) is 2.62. The molecule has 0 unspecified atom stereocenters. The molecule has 0 aliphatic heterocycles. The largest absolute Gasteiger partial charge is 0.399 e. The molecule has 1 aromatic heterocycles. The molecule has 0 spiro atoms. The SMILES string of the molecule is Nc1ccc(-c2cc(Cl)cs2)c(N)c1. The Balaban J connectivity index is 2.52. The average molecular weight is 225 g/mol. The van der Waals surface area contributed by atoms with Crippen molar-refractivity contribution in [1.82, 2.24) is 0 Å². The highest BCUT2D eigenvalue weighted by atomic mass is 35.5. The van der Waals surface area contributed by atoms with Crippen molar-refractivity contribution >= 4 is 34.3 Å². The van der Waals surface area contributed by atoms with Crippen LogP contribution in [0.15, 0.2) is 29.6 Å². The first-order chi connectivity index (χ1) is 6.66. The molecule has 2 rings (SSSR count). The van der Waals surface area contributed by atoms with E-state index < -0.39 is 0 Å². The normalized spacial score (nSPS) is 10.4. The molecule has 2 nitrogen and oxygen atoms in total. The molecule has 72 valence electrons. The summed E-state index contributed by atoms with van der Waals surface area (Å²) in [5.74, 6) is 0. The maximum atomic E-state index is 5.85. The predicted molar refractivity (Wildman–Crippen MR) is 63.6 cm³/mol. The van der Waals surface area contributed by atoms with Gasteiger partial charge in [-0.2, -0.15) is 0 Å². The van der Waals surface area contributed by atoms with E-state index in [0.717, 1.165) is 15.5 Å². The van der Waals surface area contributed by atoms with Crippen LogP contribution in [-0.2, 0) is 0 Å². The van der Waals surface area contributed by atoms with E-state index in [2.05, 4.69) is 0 Å². The number of halogens is 1. The minimum absolute atomic E-state index is 0.675. The minimum atomic E-state index is 0.675. The van der Waals surface area contributed by atoms with Crippen LogP contribution in [0.4, 0.5) is 11.4 Å². The minimum Gasteiger partial charge on any atom is -0.399 e. The van der Waals surface area contributed by atoms with Gasteiger partial charge in [0.05, 0.1) is 5.02 Å². The van der Waals surface area contributed by atoms with Gasteiger partial charge in [0.2, 0.25) is 0 Å². The zero-order valence-corrected chi connectivity index (χ0v) is 8.90. The van der Waals surface area contributed by atoms with E-state index in [4.69, 9.17) is 23.1 Å². The van der Waals surface area contributed by atoms with Crippen molar-refractivity contribution in [2.45, 2.75) is 0 Å². The fraction of sp³-hybridized carbons (Fsp3) is 0. The van der Waals surface area contributed by atoms with E-state index in [1.165, 1.54) is 0 Å². The number of thiophene rings is 1. The molecule has 4 heteroatoms. The van der Waals surface area contributed by atoms with Crippen LogP contribution in [0.5, 0.6) is 0 Å². The molecule has 0 atom stereocenters. The van der Waals surface area contributed by atoms with Crippen molar-refractivity contribution in [1.29, 1.82) is 0 Å². The smallest absolute Gasteiger partial charge is 0.0519 e. The Labute approximate surface area is 91.1 Å². The summed E-state index contributed by atoms with van der Waals surface area (Å²) in [6.45, 7) is 0. The molecule has 4 N–H and O–H groups in total. The molecular formula is C10H9ClN2S. The molecule has 0 aliphatic carbocycles. The van der Waals surface area contributed by atoms with Crippen LogP contribution in [0, 0.1) is 0 Å². The van der Waals surface area contributed by atoms with Gasteiger partial charge >= 0.3 is 0 Å². The second-order valence-electron chi connectivity index (χ2n) is 2.98. The summed E-state index contributed by atoms with van der Waals surface area (Å²) < 4.78 is 0. The number of rotatable bonds is 1. The molecule has 0 amide bonds.